The van der Waals surface area contributed by atoms with Gasteiger partial charge in [-0.25, -0.2) is 8.42 Å². The molecule has 0 radical (unpaired) electrons. The lowest BCUT2D eigenvalue weighted by Crippen LogP contribution is -2.50. The van der Waals surface area contributed by atoms with Gasteiger partial charge in [-0.05, 0) is 54.3 Å². The number of fused-ring (bicyclic) bond motifs is 1. The molecule has 0 N–H and O–H groups in total. The first-order valence-corrected chi connectivity index (χ1v) is 13.4. The third-order valence-electron chi connectivity index (χ3n) is 5.72. The van der Waals surface area contributed by atoms with E-state index in [-0.39, 0.29) is 30.5 Å². The number of ether oxygens (including phenoxy) is 2. The van der Waals surface area contributed by atoms with Gasteiger partial charge in [0.25, 0.3) is 5.91 Å². The van der Waals surface area contributed by atoms with Crippen LogP contribution in [-0.4, -0.2) is 50.9 Å². The highest BCUT2D eigenvalue weighted by Crippen LogP contribution is 2.33. The van der Waals surface area contributed by atoms with Crippen molar-refractivity contribution >= 4 is 38.9 Å². The summed E-state index contributed by atoms with van der Waals surface area (Å²) in [5.41, 5.74) is 1.59. The van der Waals surface area contributed by atoms with Crippen LogP contribution < -0.4 is 9.64 Å². The van der Waals surface area contributed by atoms with Gasteiger partial charge in [-0.3, -0.25) is 9.59 Å². The topological polar surface area (TPSA) is 93.2 Å². The van der Waals surface area contributed by atoms with Crippen molar-refractivity contribution in [2.24, 2.45) is 0 Å². The van der Waals surface area contributed by atoms with E-state index in [0.29, 0.717) is 22.6 Å². The van der Waals surface area contributed by atoms with Gasteiger partial charge in [-0.15, -0.1) is 5.92 Å². The van der Waals surface area contributed by atoms with Crippen LogP contribution in [0.3, 0.4) is 0 Å². The molecule has 0 aliphatic carbocycles. The largest absolute Gasteiger partial charge is 0.481 e. The highest BCUT2D eigenvalue weighted by Gasteiger charge is 2.42. The lowest BCUT2D eigenvalue weighted by atomic mass is 10.1. The van der Waals surface area contributed by atoms with Gasteiger partial charge in [0.15, 0.2) is 0 Å². The van der Waals surface area contributed by atoms with E-state index in [1.807, 2.05) is 0 Å². The second kappa shape index (κ2) is 11.0. The zero-order chi connectivity index (χ0) is 25.7. The van der Waals surface area contributed by atoms with E-state index in [9.17, 15) is 18.0 Å². The van der Waals surface area contributed by atoms with Crippen LogP contribution in [0.2, 0.25) is 0 Å². The van der Waals surface area contributed by atoms with Gasteiger partial charge in [0, 0.05) is 17.6 Å². The molecule has 0 saturated carbocycles. The first kappa shape index (κ1) is 25.4. The molecule has 1 aliphatic heterocycles. The SMILES string of the molecule is CC#CCOc1ccc(S(=O)(=O)N2Cc3ccccc3N(C(=O)c3ccsc3)CC2C(=O)OC)cc1. The van der Waals surface area contributed by atoms with E-state index in [1.54, 1.807) is 48.0 Å². The van der Waals surface area contributed by atoms with Crippen LogP contribution >= 0.6 is 11.3 Å². The summed E-state index contributed by atoms with van der Waals surface area (Å²) in [7, 11) is -2.97. The van der Waals surface area contributed by atoms with Crippen molar-refractivity contribution < 1.29 is 27.5 Å². The predicted molar refractivity (Wildman–Crippen MR) is 136 cm³/mol. The second-order valence-corrected chi connectivity index (χ2v) is 10.5. The summed E-state index contributed by atoms with van der Waals surface area (Å²) >= 11 is 1.38. The minimum atomic E-state index is -4.16. The average molecular weight is 525 g/mol. The van der Waals surface area contributed by atoms with Crippen LogP contribution in [0.5, 0.6) is 5.75 Å². The number of hydrogen-bond donors (Lipinski definition) is 0. The van der Waals surface area contributed by atoms with Crippen molar-refractivity contribution in [3.05, 3.63) is 76.5 Å². The molecule has 36 heavy (non-hydrogen) atoms. The summed E-state index contributed by atoms with van der Waals surface area (Å²) in [5.74, 6) is 4.88. The van der Waals surface area contributed by atoms with Gasteiger partial charge in [0.05, 0.1) is 24.1 Å². The Kier molecular flexibility index (Phi) is 7.74. The van der Waals surface area contributed by atoms with E-state index in [2.05, 4.69) is 11.8 Å². The summed E-state index contributed by atoms with van der Waals surface area (Å²) < 4.78 is 39.2. The third-order valence-corrected chi connectivity index (χ3v) is 8.27. The maximum atomic E-state index is 13.8. The Balaban J connectivity index is 1.74. The first-order chi connectivity index (χ1) is 17.4. The Hall–Kier alpha value is -3.65. The molecule has 10 heteroatoms. The van der Waals surface area contributed by atoms with Crippen molar-refractivity contribution in [2.45, 2.75) is 24.4 Å². The number of benzene rings is 2. The van der Waals surface area contributed by atoms with Crippen molar-refractivity contribution in [1.82, 2.24) is 4.31 Å². The Labute approximate surface area is 214 Å². The van der Waals surface area contributed by atoms with Gasteiger partial charge < -0.3 is 14.4 Å². The summed E-state index contributed by atoms with van der Waals surface area (Å²) in [6.07, 6.45) is 0. The number of thiophene rings is 1. The molecule has 0 saturated heterocycles. The zero-order valence-corrected chi connectivity index (χ0v) is 21.3. The maximum Gasteiger partial charge on any atom is 0.326 e. The van der Waals surface area contributed by atoms with Gasteiger partial charge in [0.2, 0.25) is 10.0 Å². The molecule has 1 unspecified atom stereocenters. The molecule has 1 aliphatic rings. The molecule has 1 atom stereocenters. The Morgan fingerprint density at radius 2 is 1.86 bits per heavy atom. The molecule has 4 rings (SSSR count). The summed E-state index contributed by atoms with van der Waals surface area (Å²) in [6, 6.07) is 13.4. The lowest BCUT2D eigenvalue weighted by molar-refractivity contribution is -0.144. The Morgan fingerprint density at radius 3 is 2.53 bits per heavy atom. The number of hydrogen-bond acceptors (Lipinski definition) is 7. The molecule has 0 fully saturated rings. The number of sulfonamides is 1. The lowest BCUT2D eigenvalue weighted by Gasteiger charge is -2.29. The van der Waals surface area contributed by atoms with E-state index in [4.69, 9.17) is 9.47 Å². The number of carbonyl (C=O) groups is 2. The summed E-state index contributed by atoms with van der Waals surface area (Å²) in [6.45, 7) is 1.57. The van der Waals surface area contributed by atoms with Crippen LogP contribution in [0.1, 0.15) is 22.8 Å². The zero-order valence-electron chi connectivity index (χ0n) is 19.7. The number of para-hydroxylation sites is 1. The van der Waals surface area contributed by atoms with Crippen LogP contribution in [0, 0.1) is 11.8 Å². The number of amides is 1. The number of nitrogens with zero attached hydrogens (tertiary/aromatic N) is 2. The van der Waals surface area contributed by atoms with E-state index in [1.165, 1.54) is 47.6 Å². The fraction of sp³-hybridized carbons (Fsp3) is 0.231. The molecule has 2 aromatic carbocycles. The summed E-state index contributed by atoms with van der Waals surface area (Å²) in [4.78, 5) is 27.7. The van der Waals surface area contributed by atoms with Crippen LogP contribution in [-0.2, 0) is 26.1 Å². The first-order valence-electron chi connectivity index (χ1n) is 11.0. The Morgan fingerprint density at radius 1 is 1.11 bits per heavy atom. The fourth-order valence-corrected chi connectivity index (χ4v) is 6.08. The fourth-order valence-electron chi connectivity index (χ4n) is 3.90. The highest BCUT2D eigenvalue weighted by molar-refractivity contribution is 7.89. The maximum absolute atomic E-state index is 13.8. The molecule has 1 amide bonds. The van der Waals surface area contributed by atoms with Crippen LogP contribution in [0.25, 0.3) is 0 Å². The van der Waals surface area contributed by atoms with Crippen molar-refractivity contribution in [3.63, 3.8) is 0 Å². The molecule has 8 nitrogen and oxygen atoms in total. The van der Waals surface area contributed by atoms with E-state index in [0.717, 1.165) is 4.31 Å². The number of anilines is 1. The minimum absolute atomic E-state index is 0.0135. The van der Waals surface area contributed by atoms with Gasteiger partial charge >= 0.3 is 5.97 Å². The average Bonchev–Trinajstić information content (AvgIpc) is 3.37. The quantitative estimate of drug-likeness (QED) is 0.362. The summed E-state index contributed by atoms with van der Waals surface area (Å²) in [5, 5.41) is 3.50. The molecule has 0 spiro atoms. The minimum Gasteiger partial charge on any atom is -0.481 e. The number of rotatable bonds is 6. The predicted octanol–water partition coefficient (Wildman–Crippen LogP) is 3.54. The molecule has 3 aromatic rings. The normalized spacial score (nSPS) is 15.7. The highest BCUT2D eigenvalue weighted by atomic mass is 32.2. The molecular formula is C26H24N2O6S2. The van der Waals surface area contributed by atoms with Crippen molar-refractivity contribution in [2.75, 3.05) is 25.2 Å². The second-order valence-electron chi connectivity index (χ2n) is 7.83. The molecular weight excluding hydrogens is 500 g/mol. The monoisotopic (exact) mass is 524 g/mol. The molecule has 186 valence electrons. The van der Waals surface area contributed by atoms with E-state index >= 15 is 0 Å². The number of methoxy groups -OCH3 is 1. The molecule has 1 aromatic heterocycles. The standard InChI is InChI=1S/C26H24N2O6S2/c1-3-4-14-34-21-9-11-22(12-10-21)36(31,32)28-16-19-7-5-6-8-23(19)27(17-24(28)26(30)33-2)25(29)20-13-15-35-18-20/h5-13,15,18,24H,14,16-17H2,1-2H3. The van der Waals surface area contributed by atoms with Gasteiger partial charge in [-0.2, -0.15) is 15.6 Å². The number of esters is 1. The van der Waals surface area contributed by atoms with E-state index < -0.39 is 22.0 Å². The van der Waals surface area contributed by atoms with Crippen molar-refractivity contribution in [1.29, 1.82) is 0 Å². The molecule has 2 heterocycles. The van der Waals surface area contributed by atoms with Gasteiger partial charge in [0.1, 0.15) is 18.4 Å². The van der Waals surface area contributed by atoms with Crippen LogP contribution in [0.4, 0.5) is 5.69 Å². The Bertz CT molecular complexity index is 1410. The van der Waals surface area contributed by atoms with Crippen molar-refractivity contribution in [3.8, 4) is 17.6 Å². The van der Waals surface area contributed by atoms with Crippen LogP contribution in [0.15, 0.2) is 70.3 Å². The third kappa shape index (κ3) is 5.14. The van der Waals surface area contributed by atoms with Gasteiger partial charge in [-0.1, -0.05) is 24.1 Å². The smallest absolute Gasteiger partial charge is 0.326 e. The number of carbonyl (C=O) groups excluding carboxylic acids is 2. The molecule has 0 bridgehead atoms.